The van der Waals surface area contributed by atoms with Crippen LogP contribution in [0.5, 0.6) is 0 Å². The summed E-state index contributed by atoms with van der Waals surface area (Å²) in [5.41, 5.74) is 21.7. The van der Waals surface area contributed by atoms with Crippen molar-refractivity contribution in [2.75, 3.05) is 9.80 Å². The number of hydrogen-bond donors (Lipinski definition) is 0. The molecule has 0 N–H and O–H groups in total. The van der Waals surface area contributed by atoms with Crippen molar-refractivity contribution < 1.29 is 0 Å². The fourth-order valence-corrected chi connectivity index (χ4v) is 10.8. The molecule has 1 heterocycles. The van der Waals surface area contributed by atoms with Gasteiger partial charge in [-0.3, -0.25) is 0 Å². The molecule has 0 spiro atoms. The van der Waals surface area contributed by atoms with E-state index < -0.39 is 0 Å². The molecule has 0 atom stereocenters. The van der Waals surface area contributed by atoms with E-state index in [0.717, 1.165) is 67.6 Å². The van der Waals surface area contributed by atoms with Crippen LogP contribution in [0.2, 0.25) is 0 Å². The molecule has 0 unspecified atom stereocenters. The van der Waals surface area contributed by atoms with Crippen LogP contribution in [0.1, 0.15) is 0 Å². The van der Waals surface area contributed by atoms with Crippen molar-refractivity contribution in [1.82, 2.24) is 4.57 Å². The Balaban J connectivity index is 0.924. The molecule has 0 aliphatic rings. The molecule has 3 nitrogen and oxygen atoms in total. The first-order chi connectivity index (χ1) is 37.2. The van der Waals surface area contributed by atoms with E-state index >= 15 is 0 Å². The van der Waals surface area contributed by atoms with E-state index in [1.54, 1.807) is 0 Å². The van der Waals surface area contributed by atoms with E-state index in [1.165, 1.54) is 49.7 Å². The van der Waals surface area contributed by atoms with Crippen LogP contribution in [0.4, 0.5) is 34.1 Å². The van der Waals surface area contributed by atoms with Crippen LogP contribution in [0.15, 0.2) is 309 Å². The lowest BCUT2D eigenvalue weighted by Gasteiger charge is -2.26. The van der Waals surface area contributed by atoms with Crippen LogP contribution >= 0.6 is 0 Å². The molecule has 0 bridgehead atoms. The summed E-state index contributed by atoms with van der Waals surface area (Å²) in [6, 6.07) is 112. The second kappa shape index (κ2) is 19.9. The molecule has 75 heavy (non-hydrogen) atoms. The van der Waals surface area contributed by atoms with Crippen molar-refractivity contribution >= 4 is 55.9 Å². The molecule has 12 aromatic carbocycles. The van der Waals surface area contributed by atoms with Gasteiger partial charge in [0.15, 0.2) is 0 Å². The standard InChI is InChI=1S/C72H51N3/c1-7-22-52(23-8-1)57-28-21-35-63(48-57)73(58-29-13-4-14-30-58)61-42-38-55(39-43-61)69-50-68(54-26-11-3-12-27-54)70(51-67(69)53-24-9-2-10-25-53)56-40-44-62(45-41-56)74(59-31-15-5-16-32-59)64-46-47-66-65-36-19-20-37-71(65)75(72(66)49-64)60-33-17-6-18-34-60/h1-51H. The second-order valence-corrected chi connectivity index (χ2v) is 18.9. The molecule has 0 saturated carbocycles. The predicted octanol–water partition coefficient (Wildman–Crippen LogP) is 20.1. The van der Waals surface area contributed by atoms with Crippen LogP contribution in [0, 0.1) is 0 Å². The predicted molar refractivity (Wildman–Crippen MR) is 317 cm³/mol. The summed E-state index contributed by atoms with van der Waals surface area (Å²) >= 11 is 0. The largest absolute Gasteiger partial charge is 0.310 e. The highest BCUT2D eigenvalue weighted by Gasteiger charge is 2.21. The maximum absolute atomic E-state index is 2.41. The minimum absolute atomic E-state index is 1.07. The molecule has 1 aromatic heterocycles. The summed E-state index contributed by atoms with van der Waals surface area (Å²) in [6.07, 6.45) is 0. The van der Waals surface area contributed by atoms with Crippen molar-refractivity contribution in [3.8, 4) is 61.3 Å². The van der Waals surface area contributed by atoms with Crippen molar-refractivity contribution in [2.45, 2.75) is 0 Å². The van der Waals surface area contributed by atoms with Crippen molar-refractivity contribution in [3.63, 3.8) is 0 Å². The van der Waals surface area contributed by atoms with Gasteiger partial charge >= 0.3 is 0 Å². The number of aromatic nitrogens is 1. The van der Waals surface area contributed by atoms with E-state index in [4.69, 9.17) is 0 Å². The summed E-state index contributed by atoms with van der Waals surface area (Å²) in [4.78, 5) is 4.72. The van der Waals surface area contributed by atoms with Crippen LogP contribution in [0.25, 0.3) is 83.1 Å². The van der Waals surface area contributed by atoms with E-state index in [2.05, 4.69) is 324 Å². The Kier molecular flexibility index (Phi) is 11.9. The maximum atomic E-state index is 2.41. The molecule has 0 amide bonds. The molecular weight excluding hydrogens is 907 g/mol. The zero-order valence-electron chi connectivity index (χ0n) is 41.3. The number of fused-ring (bicyclic) bond motifs is 3. The highest BCUT2D eigenvalue weighted by molar-refractivity contribution is 6.10. The van der Waals surface area contributed by atoms with Crippen LogP contribution < -0.4 is 9.80 Å². The van der Waals surface area contributed by atoms with Crippen LogP contribution in [-0.4, -0.2) is 4.57 Å². The van der Waals surface area contributed by atoms with Gasteiger partial charge in [-0.15, -0.1) is 0 Å². The van der Waals surface area contributed by atoms with Gasteiger partial charge in [0.1, 0.15) is 0 Å². The van der Waals surface area contributed by atoms with E-state index in [-0.39, 0.29) is 0 Å². The SMILES string of the molecule is c1ccc(-c2cccc(N(c3ccccc3)c3ccc(-c4cc(-c5ccccc5)c(-c5ccc(N(c6ccccc6)c6ccc7c8ccccc8n(-c8ccccc8)c7c6)cc5)cc4-c4ccccc4)cc3)c2)cc1. The molecule has 0 aliphatic carbocycles. The monoisotopic (exact) mass is 957 g/mol. The van der Waals surface area contributed by atoms with Crippen molar-refractivity contribution in [3.05, 3.63) is 309 Å². The number of hydrogen-bond acceptors (Lipinski definition) is 2. The molecule has 354 valence electrons. The average Bonchev–Trinajstić information content (AvgIpc) is 3.84. The second-order valence-electron chi connectivity index (χ2n) is 18.9. The third-order valence-corrected chi connectivity index (χ3v) is 14.4. The summed E-state index contributed by atoms with van der Waals surface area (Å²) in [6.45, 7) is 0. The summed E-state index contributed by atoms with van der Waals surface area (Å²) in [5.74, 6) is 0. The van der Waals surface area contributed by atoms with Gasteiger partial charge in [-0.1, -0.05) is 206 Å². The lowest BCUT2D eigenvalue weighted by Crippen LogP contribution is -2.10. The Labute approximate surface area is 438 Å². The molecule has 0 fully saturated rings. The molecule has 3 heteroatoms. The normalized spacial score (nSPS) is 11.2. The van der Waals surface area contributed by atoms with E-state index in [1.807, 2.05) is 0 Å². The lowest BCUT2D eigenvalue weighted by atomic mass is 9.85. The molecule has 0 radical (unpaired) electrons. The quantitative estimate of drug-likeness (QED) is 0.121. The van der Waals surface area contributed by atoms with Gasteiger partial charge in [0.05, 0.1) is 11.0 Å². The van der Waals surface area contributed by atoms with Crippen molar-refractivity contribution in [1.29, 1.82) is 0 Å². The average molecular weight is 958 g/mol. The first-order valence-electron chi connectivity index (χ1n) is 25.7. The van der Waals surface area contributed by atoms with E-state index in [0.29, 0.717) is 0 Å². The first kappa shape index (κ1) is 44.9. The summed E-state index contributed by atoms with van der Waals surface area (Å²) in [5, 5.41) is 2.46. The number of anilines is 6. The number of benzene rings is 12. The first-order valence-corrected chi connectivity index (χ1v) is 25.7. The molecule has 0 saturated heterocycles. The zero-order chi connectivity index (χ0) is 49.9. The smallest absolute Gasteiger partial charge is 0.0561 e. The topological polar surface area (TPSA) is 11.4 Å². The molecule has 13 rings (SSSR count). The molecule has 13 aromatic rings. The van der Waals surface area contributed by atoms with Gasteiger partial charge in [-0.05, 0) is 159 Å². The fourth-order valence-electron chi connectivity index (χ4n) is 10.8. The summed E-state index contributed by atoms with van der Waals surface area (Å²) in [7, 11) is 0. The fraction of sp³-hybridized carbons (Fsp3) is 0. The number of para-hydroxylation sites is 4. The van der Waals surface area contributed by atoms with Gasteiger partial charge in [-0.25, -0.2) is 0 Å². The Morgan fingerprint density at radius 2 is 0.547 bits per heavy atom. The van der Waals surface area contributed by atoms with Crippen LogP contribution in [-0.2, 0) is 0 Å². The van der Waals surface area contributed by atoms with Crippen molar-refractivity contribution in [2.24, 2.45) is 0 Å². The number of rotatable bonds is 12. The third kappa shape index (κ3) is 8.73. The minimum Gasteiger partial charge on any atom is -0.310 e. The Hall–Kier alpha value is -9.96. The number of nitrogens with zero attached hydrogens (tertiary/aromatic N) is 3. The van der Waals surface area contributed by atoms with Gasteiger partial charge in [0.2, 0.25) is 0 Å². The maximum Gasteiger partial charge on any atom is 0.0561 e. The van der Waals surface area contributed by atoms with Gasteiger partial charge in [0.25, 0.3) is 0 Å². The van der Waals surface area contributed by atoms with Gasteiger partial charge < -0.3 is 14.4 Å². The Morgan fingerprint density at radius 3 is 1.05 bits per heavy atom. The van der Waals surface area contributed by atoms with Gasteiger partial charge in [-0.2, -0.15) is 0 Å². The minimum atomic E-state index is 1.07. The van der Waals surface area contributed by atoms with Gasteiger partial charge in [0, 0.05) is 50.6 Å². The molecule has 0 aliphatic heterocycles. The Bertz CT molecular complexity index is 4060. The van der Waals surface area contributed by atoms with E-state index in [9.17, 15) is 0 Å². The summed E-state index contributed by atoms with van der Waals surface area (Å²) < 4.78 is 2.39. The highest BCUT2D eigenvalue weighted by atomic mass is 15.1. The molecular formula is C72H51N3. The lowest BCUT2D eigenvalue weighted by molar-refractivity contribution is 1.18. The zero-order valence-corrected chi connectivity index (χ0v) is 41.3. The Morgan fingerprint density at radius 1 is 0.200 bits per heavy atom. The highest BCUT2D eigenvalue weighted by Crippen LogP contribution is 2.46. The van der Waals surface area contributed by atoms with Crippen LogP contribution in [0.3, 0.4) is 0 Å². The third-order valence-electron chi connectivity index (χ3n) is 14.4.